The maximum Gasteiger partial charge on any atom is 0.283 e. The van der Waals surface area contributed by atoms with Crippen LogP contribution >= 0.6 is 11.6 Å². The Balaban J connectivity index is 1.58. The van der Waals surface area contributed by atoms with E-state index in [4.69, 9.17) is 21.1 Å². The molecule has 1 heterocycles. The average Bonchev–Trinajstić information content (AvgIpc) is 2.59. The van der Waals surface area contributed by atoms with Crippen LogP contribution in [-0.2, 0) is 4.79 Å². The van der Waals surface area contributed by atoms with Crippen molar-refractivity contribution >= 4 is 23.4 Å². The highest BCUT2D eigenvalue weighted by Gasteiger charge is 2.27. The predicted molar refractivity (Wildman–Crippen MR) is 83.4 cm³/mol. The molecule has 2 aromatic rings. The second kappa shape index (κ2) is 6.58. The molecule has 0 aliphatic carbocycles. The van der Waals surface area contributed by atoms with Crippen LogP contribution in [0, 0.1) is 0 Å². The monoisotopic (exact) mass is 332 g/mol. The van der Waals surface area contributed by atoms with E-state index in [0.717, 1.165) is 0 Å². The minimum absolute atomic E-state index is 0.0603. The van der Waals surface area contributed by atoms with Crippen LogP contribution in [0.2, 0.25) is 5.02 Å². The summed E-state index contributed by atoms with van der Waals surface area (Å²) >= 11 is 5.92. The molecule has 1 aliphatic rings. The molecule has 0 saturated heterocycles. The number of ether oxygens (including phenoxy) is 2. The molecule has 118 valence electrons. The van der Waals surface area contributed by atoms with E-state index in [1.807, 2.05) is 6.07 Å². The molecule has 0 saturated carbocycles. The van der Waals surface area contributed by atoms with Crippen molar-refractivity contribution in [2.75, 3.05) is 6.61 Å². The van der Waals surface area contributed by atoms with Crippen molar-refractivity contribution in [3.63, 3.8) is 0 Å². The molecule has 0 bridgehead atoms. The van der Waals surface area contributed by atoms with Gasteiger partial charge in [-0.15, -0.1) is 0 Å². The number of hydrogen-bond donors (Lipinski definition) is 2. The number of hydrogen-bond acceptors (Lipinski definition) is 4. The number of benzene rings is 2. The first-order valence-corrected chi connectivity index (χ1v) is 7.26. The Kier molecular flexibility index (Phi) is 4.34. The first kappa shape index (κ1) is 15.2. The van der Waals surface area contributed by atoms with Crippen LogP contribution in [0.25, 0.3) is 0 Å². The van der Waals surface area contributed by atoms with E-state index in [-0.39, 0.29) is 12.2 Å². The lowest BCUT2D eigenvalue weighted by Gasteiger charge is -2.25. The number of halogens is 1. The Hall–Kier alpha value is -2.73. The van der Waals surface area contributed by atoms with Crippen LogP contribution in [0.4, 0.5) is 0 Å². The predicted octanol–water partition coefficient (Wildman–Crippen LogP) is 1.94. The minimum Gasteiger partial charge on any atom is -0.485 e. The molecule has 2 aromatic carbocycles. The van der Waals surface area contributed by atoms with E-state index < -0.39 is 17.9 Å². The topological polar surface area (TPSA) is 76.7 Å². The zero-order valence-corrected chi connectivity index (χ0v) is 12.7. The second-order valence-corrected chi connectivity index (χ2v) is 5.19. The summed E-state index contributed by atoms with van der Waals surface area (Å²) in [5, 5.41) is 0.297. The molecule has 6 nitrogen and oxygen atoms in total. The van der Waals surface area contributed by atoms with Crippen molar-refractivity contribution < 1.29 is 19.1 Å². The Bertz CT molecular complexity index is 750. The molecule has 1 unspecified atom stereocenters. The van der Waals surface area contributed by atoms with Gasteiger partial charge in [-0.25, -0.2) is 0 Å². The summed E-state index contributed by atoms with van der Waals surface area (Å²) < 4.78 is 11.0. The summed E-state index contributed by atoms with van der Waals surface area (Å²) in [7, 11) is 0. The van der Waals surface area contributed by atoms with Crippen LogP contribution in [0.3, 0.4) is 0 Å². The van der Waals surface area contributed by atoms with Gasteiger partial charge in [-0.3, -0.25) is 20.4 Å². The summed E-state index contributed by atoms with van der Waals surface area (Å²) in [6.07, 6.45) is -0.851. The molecule has 3 rings (SSSR count). The maximum absolute atomic E-state index is 12.1. The fourth-order valence-electron chi connectivity index (χ4n) is 2.06. The lowest BCUT2D eigenvalue weighted by atomic mass is 10.2. The lowest BCUT2D eigenvalue weighted by molar-refractivity contribution is -0.131. The molecule has 0 fully saturated rings. The van der Waals surface area contributed by atoms with Gasteiger partial charge in [0.15, 0.2) is 11.5 Å². The molecule has 0 radical (unpaired) electrons. The van der Waals surface area contributed by atoms with Gasteiger partial charge < -0.3 is 9.47 Å². The van der Waals surface area contributed by atoms with Crippen molar-refractivity contribution in [1.82, 2.24) is 10.9 Å². The summed E-state index contributed by atoms with van der Waals surface area (Å²) in [5.74, 6) is 0.0361. The van der Waals surface area contributed by atoms with Crippen LogP contribution in [-0.4, -0.2) is 24.5 Å². The number of fused-ring (bicyclic) bond motifs is 1. The highest BCUT2D eigenvalue weighted by molar-refractivity contribution is 6.33. The van der Waals surface area contributed by atoms with Gasteiger partial charge in [-0.1, -0.05) is 35.9 Å². The second-order valence-electron chi connectivity index (χ2n) is 4.79. The number of carbonyl (C=O) groups is 2. The van der Waals surface area contributed by atoms with Gasteiger partial charge in [0.2, 0.25) is 6.10 Å². The highest BCUT2D eigenvalue weighted by atomic mass is 35.5. The molecule has 1 aliphatic heterocycles. The largest absolute Gasteiger partial charge is 0.485 e. The quantitative estimate of drug-likeness (QED) is 0.824. The molecule has 7 heteroatoms. The first-order chi connectivity index (χ1) is 11.1. The fourth-order valence-corrected chi connectivity index (χ4v) is 2.28. The highest BCUT2D eigenvalue weighted by Crippen LogP contribution is 2.30. The van der Waals surface area contributed by atoms with Crippen LogP contribution < -0.4 is 20.3 Å². The molecule has 1 atom stereocenters. The third kappa shape index (κ3) is 3.37. The molecular formula is C16H13ClN2O4. The molecular weight excluding hydrogens is 320 g/mol. The van der Waals surface area contributed by atoms with Crippen molar-refractivity contribution in [3.05, 3.63) is 59.1 Å². The Morgan fingerprint density at radius 1 is 1.00 bits per heavy atom. The summed E-state index contributed by atoms with van der Waals surface area (Å²) in [4.78, 5) is 24.0. The van der Waals surface area contributed by atoms with Crippen molar-refractivity contribution in [3.8, 4) is 11.5 Å². The minimum atomic E-state index is -0.851. The smallest absolute Gasteiger partial charge is 0.283 e. The standard InChI is InChI=1S/C16H13ClN2O4/c17-11-6-2-1-5-10(11)15(20)18-19-16(21)14-9-22-12-7-3-4-8-13(12)23-14/h1-8,14H,9H2,(H,18,20)(H,19,21). The molecule has 2 amide bonds. The average molecular weight is 333 g/mol. The molecule has 23 heavy (non-hydrogen) atoms. The third-order valence-corrected chi connectivity index (χ3v) is 3.55. The number of nitrogens with one attached hydrogen (secondary N) is 2. The molecule has 2 N–H and O–H groups in total. The first-order valence-electron chi connectivity index (χ1n) is 6.88. The fraction of sp³-hybridized carbons (Fsp3) is 0.125. The summed E-state index contributed by atoms with van der Waals surface area (Å²) in [6, 6.07) is 13.6. The van der Waals surface area contributed by atoms with Gasteiger partial charge in [0.05, 0.1) is 10.6 Å². The Morgan fingerprint density at radius 3 is 2.48 bits per heavy atom. The summed E-state index contributed by atoms with van der Waals surface area (Å²) in [5.41, 5.74) is 4.87. The number of para-hydroxylation sites is 2. The SMILES string of the molecule is O=C(NNC(=O)C1COc2ccccc2O1)c1ccccc1Cl. The number of carbonyl (C=O) groups excluding carboxylic acids is 2. The van der Waals surface area contributed by atoms with Crippen LogP contribution in [0.15, 0.2) is 48.5 Å². The number of hydrazine groups is 1. The lowest BCUT2D eigenvalue weighted by Crippen LogP contribution is -2.50. The van der Waals surface area contributed by atoms with Crippen LogP contribution in [0.1, 0.15) is 10.4 Å². The van der Waals surface area contributed by atoms with Gasteiger partial charge in [0, 0.05) is 0 Å². The zero-order valence-electron chi connectivity index (χ0n) is 11.9. The van der Waals surface area contributed by atoms with Gasteiger partial charge in [-0.05, 0) is 24.3 Å². The normalized spacial score (nSPS) is 15.6. The van der Waals surface area contributed by atoms with Gasteiger partial charge >= 0.3 is 0 Å². The van der Waals surface area contributed by atoms with Gasteiger partial charge in [0.25, 0.3) is 11.8 Å². The van der Waals surface area contributed by atoms with Crippen LogP contribution in [0.5, 0.6) is 11.5 Å². The van der Waals surface area contributed by atoms with E-state index in [2.05, 4.69) is 10.9 Å². The molecule has 0 aromatic heterocycles. The van der Waals surface area contributed by atoms with Gasteiger partial charge in [-0.2, -0.15) is 0 Å². The Morgan fingerprint density at radius 2 is 1.70 bits per heavy atom. The number of amides is 2. The van der Waals surface area contributed by atoms with Gasteiger partial charge in [0.1, 0.15) is 6.61 Å². The van der Waals surface area contributed by atoms with E-state index in [1.54, 1.807) is 42.5 Å². The third-order valence-electron chi connectivity index (χ3n) is 3.22. The van der Waals surface area contributed by atoms with E-state index in [0.29, 0.717) is 16.5 Å². The van der Waals surface area contributed by atoms with Crippen molar-refractivity contribution in [1.29, 1.82) is 0 Å². The van der Waals surface area contributed by atoms with E-state index in [1.165, 1.54) is 0 Å². The maximum atomic E-state index is 12.1. The Labute approximate surface area is 137 Å². The van der Waals surface area contributed by atoms with E-state index in [9.17, 15) is 9.59 Å². The zero-order chi connectivity index (χ0) is 16.2. The van der Waals surface area contributed by atoms with Crippen molar-refractivity contribution in [2.45, 2.75) is 6.10 Å². The number of rotatable bonds is 2. The summed E-state index contributed by atoms with van der Waals surface area (Å²) in [6.45, 7) is 0.0603. The molecule has 0 spiro atoms. The van der Waals surface area contributed by atoms with E-state index >= 15 is 0 Å². The van der Waals surface area contributed by atoms with Crippen molar-refractivity contribution in [2.24, 2.45) is 0 Å².